The SMILES string of the molecule is CCC(CC)C(=O)NC1CCc2ccccc21. The van der Waals surface area contributed by atoms with Gasteiger partial charge in [-0.05, 0) is 36.8 Å². The van der Waals surface area contributed by atoms with Gasteiger partial charge in [0.1, 0.15) is 0 Å². The number of benzene rings is 1. The van der Waals surface area contributed by atoms with E-state index in [1.54, 1.807) is 0 Å². The second-order valence-electron chi connectivity index (χ2n) is 4.81. The smallest absolute Gasteiger partial charge is 0.223 e. The van der Waals surface area contributed by atoms with E-state index in [0.29, 0.717) is 0 Å². The number of hydrogen-bond acceptors (Lipinski definition) is 1. The first kappa shape index (κ1) is 12.2. The Hall–Kier alpha value is -1.31. The largest absolute Gasteiger partial charge is 0.349 e. The van der Waals surface area contributed by atoms with E-state index < -0.39 is 0 Å². The molecule has 0 spiro atoms. The normalized spacial score (nSPS) is 18.2. The number of carbonyl (C=O) groups is 1. The van der Waals surface area contributed by atoms with Crippen LogP contribution < -0.4 is 5.32 Å². The van der Waals surface area contributed by atoms with Crippen molar-refractivity contribution in [2.45, 2.75) is 45.6 Å². The molecule has 0 saturated carbocycles. The van der Waals surface area contributed by atoms with Gasteiger partial charge in [0.2, 0.25) is 5.91 Å². The van der Waals surface area contributed by atoms with Crippen molar-refractivity contribution in [2.24, 2.45) is 5.92 Å². The van der Waals surface area contributed by atoms with E-state index in [2.05, 4.69) is 43.4 Å². The average Bonchev–Trinajstić information content (AvgIpc) is 2.74. The highest BCUT2D eigenvalue weighted by molar-refractivity contribution is 5.79. The van der Waals surface area contributed by atoms with E-state index in [4.69, 9.17) is 0 Å². The van der Waals surface area contributed by atoms with Gasteiger partial charge in [-0.25, -0.2) is 0 Å². The highest BCUT2D eigenvalue weighted by atomic mass is 16.1. The van der Waals surface area contributed by atoms with Crippen LogP contribution in [0.5, 0.6) is 0 Å². The summed E-state index contributed by atoms with van der Waals surface area (Å²) in [4.78, 5) is 12.1. The predicted octanol–water partition coefficient (Wildman–Crippen LogP) is 3.23. The Morgan fingerprint density at radius 2 is 2.06 bits per heavy atom. The second kappa shape index (κ2) is 5.35. The molecule has 0 bridgehead atoms. The zero-order valence-electron chi connectivity index (χ0n) is 10.7. The zero-order chi connectivity index (χ0) is 12.3. The van der Waals surface area contributed by atoms with Crippen molar-refractivity contribution in [3.63, 3.8) is 0 Å². The van der Waals surface area contributed by atoms with Gasteiger partial charge < -0.3 is 5.32 Å². The van der Waals surface area contributed by atoms with Gasteiger partial charge in [-0.15, -0.1) is 0 Å². The first-order chi connectivity index (χ1) is 8.26. The second-order valence-corrected chi connectivity index (χ2v) is 4.81. The number of nitrogens with one attached hydrogen (secondary N) is 1. The Bertz CT molecular complexity index is 396. The van der Waals surface area contributed by atoms with Gasteiger partial charge >= 0.3 is 0 Å². The van der Waals surface area contributed by atoms with E-state index >= 15 is 0 Å². The van der Waals surface area contributed by atoms with Crippen LogP contribution in [-0.4, -0.2) is 5.91 Å². The van der Waals surface area contributed by atoms with Crippen LogP contribution in [0.25, 0.3) is 0 Å². The Labute approximate surface area is 103 Å². The Morgan fingerprint density at radius 3 is 2.76 bits per heavy atom. The molecule has 1 aliphatic carbocycles. The zero-order valence-corrected chi connectivity index (χ0v) is 10.7. The van der Waals surface area contributed by atoms with E-state index in [0.717, 1.165) is 25.7 Å². The summed E-state index contributed by atoms with van der Waals surface area (Å²) in [7, 11) is 0. The minimum atomic E-state index is 0.169. The molecule has 1 unspecified atom stereocenters. The molecule has 2 rings (SSSR count). The average molecular weight is 231 g/mol. The maximum Gasteiger partial charge on any atom is 0.223 e. The predicted molar refractivity (Wildman–Crippen MR) is 69.7 cm³/mol. The molecule has 1 N–H and O–H groups in total. The van der Waals surface area contributed by atoms with Crippen LogP contribution in [0.3, 0.4) is 0 Å². The number of amides is 1. The minimum absolute atomic E-state index is 0.169. The van der Waals surface area contributed by atoms with Gasteiger partial charge in [0, 0.05) is 5.92 Å². The molecular weight excluding hydrogens is 210 g/mol. The van der Waals surface area contributed by atoms with Crippen LogP contribution >= 0.6 is 0 Å². The lowest BCUT2D eigenvalue weighted by Crippen LogP contribution is -2.32. The molecule has 17 heavy (non-hydrogen) atoms. The molecule has 1 aromatic rings. The van der Waals surface area contributed by atoms with Crippen LogP contribution in [0, 0.1) is 5.92 Å². The summed E-state index contributed by atoms with van der Waals surface area (Å²) in [6.45, 7) is 4.16. The molecule has 2 nitrogen and oxygen atoms in total. The topological polar surface area (TPSA) is 29.1 Å². The number of rotatable bonds is 4. The molecule has 2 heteroatoms. The van der Waals surface area contributed by atoms with Crippen molar-refractivity contribution in [3.05, 3.63) is 35.4 Å². The van der Waals surface area contributed by atoms with Crippen molar-refractivity contribution >= 4 is 5.91 Å². The lowest BCUT2D eigenvalue weighted by Gasteiger charge is -2.18. The molecule has 0 radical (unpaired) electrons. The van der Waals surface area contributed by atoms with Gasteiger partial charge in [0.25, 0.3) is 0 Å². The van der Waals surface area contributed by atoms with E-state index in [9.17, 15) is 4.79 Å². The lowest BCUT2D eigenvalue weighted by molar-refractivity contribution is -0.125. The van der Waals surface area contributed by atoms with Crippen LogP contribution in [0.1, 0.15) is 50.3 Å². The van der Waals surface area contributed by atoms with Gasteiger partial charge in [0.15, 0.2) is 0 Å². The fourth-order valence-electron chi connectivity index (χ4n) is 2.66. The molecule has 92 valence electrons. The van der Waals surface area contributed by atoms with Crippen molar-refractivity contribution in [1.29, 1.82) is 0 Å². The monoisotopic (exact) mass is 231 g/mol. The Morgan fingerprint density at radius 1 is 1.35 bits per heavy atom. The standard InChI is InChI=1S/C15H21NO/c1-3-11(4-2)15(17)16-14-10-9-12-7-5-6-8-13(12)14/h5-8,11,14H,3-4,9-10H2,1-2H3,(H,16,17). The first-order valence-corrected chi connectivity index (χ1v) is 6.64. The fraction of sp³-hybridized carbons (Fsp3) is 0.533. The van der Waals surface area contributed by atoms with E-state index in [1.165, 1.54) is 11.1 Å². The summed E-state index contributed by atoms with van der Waals surface area (Å²) in [6, 6.07) is 8.67. The summed E-state index contributed by atoms with van der Waals surface area (Å²) >= 11 is 0. The minimum Gasteiger partial charge on any atom is -0.349 e. The Balaban J connectivity index is 2.04. The summed E-state index contributed by atoms with van der Waals surface area (Å²) in [5.74, 6) is 0.388. The number of hydrogen-bond donors (Lipinski definition) is 1. The molecule has 0 aromatic heterocycles. The van der Waals surface area contributed by atoms with Crippen LogP contribution in [0.2, 0.25) is 0 Å². The molecule has 0 aliphatic heterocycles. The van der Waals surface area contributed by atoms with E-state index in [-0.39, 0.29) is 17.9 Å². The molecule has 0 fully saturated rings. The highest BCUT2D eigenvalue weighted by Gasteiger charge is 2.25. The molecule has 1 aromatic carbocycles. The van der Waals surface area contributed by atoms with Gasteiger partial charge in [0.05, 0.1) is 6.04 Å². The summed E-state index contributed by atoms with van der Waals surface area (Å²) in [5.41, 5.74) is 2.70. The maximum atomic E-state index is 12.1. The van der Waals surface area contributed by atoms with E-state index in [1.807, 2.05) is 0 Å². The van der Waals surface area contributed by atoms with Crippen molar-refractivity contribution in [3.8, 4) is 0 Å². The third-order valence-corrected chi connectivity index (χ3v) is 3.81. The third-order valence-electron chi connectivity index (χ3n) is 3.81. The number of aryl methyl sites for hydroxylation is 1. The Kier molecular flexibility index (Phi) is 3.82. The number of fused-ring (bicyclic) bond motifs is 1. The molecule has 0 saturated heterocycles. The molecule has 1 amide bonds. The van der Waals surface area contributed by atoms with Crippen molar-refractivity contribution < 1.29 is 4.79 Å². The first-order valence-electron chi connectivity index (χ1n) is 6.64. The summed E-state index contributed by atoms with van der Waals surface area (Å²) in [6.07, 6.45) is 3.99. The fourth-order valence-corrected chi connectivity index (χ4v) is 2.66. The van der Waals surface area contributed by atoms with Crippen molar-refractivity contribution in [1.82, 2.24) is 5.32 Å². The van der Waals surface area contributed by atoms with Crippen LogP contribution in [0.4, 0.5) is 0 Å². The molecule has 1 atom stereocenters. The van der Waals surface area contributed by atoms with Gasteiger partial charge in [-0.1, -0.05) is 38.1 Å². The number of carbonyl (C=O) groups excluding carboxylic acids is 1. The quantitative estimate of drug-likeness (QED) is 0.847. The summed E-state index contributed by atoms with van der Waals surface area (Å²) < 4.78 is 0. The molecular formula is C15H21NO. The van der Waals surface area contributed by atoms with Crippen LogP contribution in [-0.2, 0) is 11.2 Å². The van der Waals surface area contributed by atoms with Gasteiger partial charge in [-0.2, -0.15) is 0 Å². The maximum absolute atomic E-state index is 12.1. The molecule has 1 aliphatic rings. The highest BCUT2D eigenvalue weighted by Crippen LogP contribution is 2.31. The third kappa shape index (κ3) is 2.51. The van der Waals surface area contributed by atoms with Crippen LogP contribution in [0.15, 0.2) is 24.3 Å². The molecule has 0 heterocycles. The summed E-state index contributed by atoms with van der Waals surface area (Å²) in [5, 5.41) is 3.20. The van der Waals surface area contributed by atoms with Crippen molar-refractivity contribution in [2.75, 3.05) is 0 Å². The van der Waals surface area contributed by atoms with Gasteiger partial charge in [-0.3, -0.25) is 4.79 Å². The lowest BCUT2D eigenvalue weighted by atomic mass is 10.0.